The molecule has 0 heterocycles. The van der Waals surface area contributed by atoms with Gasteiger partial charge in [-0.1, -0.05) is 26.0 Å². The van der Waals surface area contributed by atoms with Gasteiger partial charge in [-0.3, -0.25) is 4.79 Å². The highest BCUT2D eigenvalue weighted by Crippen LogP contribution is 2.11. The maximum absolute atomic E-state index is 11.2. The monoisotopic (exact) mass is 269 g/mol. The number of nitrogens with two attached hydrogens (primary N) is 1. The Balaban J connectivity index is 0.00000154. The zero-order valence-electron chi connectivity index (χ0n) is 11.4. The van der Waals surface area contributed by atoms with Crippen molar-refractivity contribution in [3.05, 3.63) is 29.8 Å². The highest BCUT2D eigenvalue weighted by atomic mass is 16.5. The number of hydrogen-bond acceptors (Lipinski definition) is 5. The van der Waals surface area contributed by atoms with Gasteiger partial charge in [0.2, 0.25) is 5.91 Å². The molecule has 0 aliphatic heterocycles. The standard InChI is InChI=1S/C11H17N3O3.C2H6/c12-11(16)10(13-5-6-14-17)7-8-1-3-9(15)4-2-8;1-2/h1-4,10,13-15,17H,5-7H2,(H2,12,16);1-2H3. The van der Waals surface area contributed by atoms with Crippen LogP contribution in [-0.2, 0) is 11.2 Å². The molecule has 1 aromatic carbocycles. The van der Waals surface area contributed by atoms with Gasteiger partial charge < -0.3 is 21.4 Å². The molecular formula is C13H23N3O3. The number of primary amides is 1. The fourth-order valence-corrected chi connectivity index (χ4v) is 1.44. The van der Waals surface area contributed by atoms with Crippen LogP contribution < -0.4 is 16.5 Å². The van der Waals surface area contributed by atoms with E-state index in [9.17, 15) is 4.79 Å². The van der Waals surface area contributed by atoms with Crippen LogP contribution in [0, 0.1) is 0 Å². The number of amides is 1. The topological polar surface area (TPSA) is 108 Å². The molecule has 0 bridgehead atoms. The molecule has 1 rings (SSSR count). The summed E-state index contributed by atoms with van der Waals surface area (Å²) in [5.74, 6) is -0.266. The molecule has 0 aromatic heterocycles. The minimum atomic E-state index is -0.493. The van der Waals surface area contributed by atoms with Crippen LogP contribution in [-0.4, -0.2) is 35.4 Å². The van der Waals surface area contributed by atoms with Crippen molar-refractivity contribution in [3.63, 3.8) is 0 Å². The Morgan fingerprint density at radius 3 is 2.32 bits per heavy atom. The van der Waals surface area contributed by atoms with Gasteiger partial charge in [0.1, 0.15) is 5.75 Å². The third-order valence-electron chi connectivity index (χ3n) is 2.35. The molecule has 6 heteroatoms. The highest BCUT2D eigenvalue weighted by Gasteiger charge is 2.14. The van der Waals surface area contributed by atoms with Crippen LogP contribution in [0.4, 0.5) is 0 Å². The van der Waals surface area contributed by atoms with E-state index in [1.165, 1.54) is 0 Å². The maximum Gasteiger partial charge on any atom is 0.234 e. The Morgan fingerprint density at radius 1 is 1.26 bits per heavy atom. The van der Waals surface area contributed by atoms with Gasteiger partial charge in [0.25, 0.3) is 0 Å². The van der Waals surface area contributed by atoms with Gasteiger partial charge in [0.05, 0.1) is 6.04 Å². The van der Waals surface area contributed by atoms with E-state index in [0.717, 1.165) is 5.56 Å². The fourth-order valence-electron chi connectivity index (χ4n) is 1.44. The van der Waals surface area contributed by atoms with E-state index in [4.69, 9.17) is 16.0 Å². The molecule has 0 fully saturated rings. The Kier molecular flexibility index (Phi) is 9.42. The number of benzene rings is 1. The summed E-state index contributed by atoms with van der Waals surface area (Å²) in [5, 5.41) is 20.5. The summed E-state index contributed by atoms with van der Waals surface area (Å²) in [6, 6.07) is 6.09. The average molecular weight is 269 g/mol. The lowest BCUT2D eigenvalue weighted by molar-refractivity contribution is -0.120. The second kappa shape index (κ2) is 10.3. The number of aromatic hydroxyl groups is 1. The van der Waals surface area contributed by atoms with Gasteiger partial charge in [-0.25, -0.2) is 5.48 Å². The van der Waals surface area contributed by atoms with E-state index in [1.54, 1.807) is 24.3 Å². The van der Waals surface area contributed by atoms with Gasteiger partial charge in [-0.2, -0.15) is 0 Å². The molecule has 1 unspecified atom stereocenters. The van der Waals surface area contributed by atoms with Gasteiger partial charge >= 0.3 is 0 Å². The first kappa shape index (κ1) is 17.4. The first-order valence-electron chi connectivity index (χ1n) is 6.31. The number of phenols is 1. The zero-order chi connectivity index (χ0) is 14.7. The number of hydrogen-bond donors (Lipinski definition) is 5. The molecule has 6 N–H and O–H groups in total. The first-order chi connectivity index (χ1) is 9.13. The van der Waals surface area contributed by atoms with Crippen molar-refractivity contribution in [1.29, 1.82) is 0 Å². The molecule has 0 saturated heterocycles. The molecule has 19 heavy (non-hydrogen) atoms. The minimum absolute atomic E-state index is 0.182. The quantitative estimate of drug-likeness (QED) is 0.363. The number of carbonyl (C=O) groups excluding carboxylic acids is 1. The van der Waals surface area contributed by atoms with Crippen LogP contribution in [0.25, 0.3) is 0 Å². The smallest absolute Gasteiger partial charge is 0.234 e. The van der Waals surface area contributed by atoms with Gasteiger partial charge in [-0.05, 0) is 24.1 Å². The lowest BCUT2D eigenvalue weighted by Gasteiger charge is -2.15. The number of carbonyl (C=O) groups is 1. The van der Waals surface area contributed by atoms with E-state index in [1.807, 2.05) is 19.3 Å². The predicted octanol–water partition coefficient (Wildman–Crippen LogP) is 0.383. The largest absolute Gasteiger partial charge is 0.508 e. The van der Waals surface area contributed by atoms with Crippen molar-refractivity contribution in [2.75, 3.05) is 13.1 Å². The van der Waals surface area contributed by atoms with Crippen molar-refractivity contribution in [2.45, 2.75) is 26.3 Å². The summed E-state index contributed by atoms with van der Waals surface area (Å²) in [6.45, 7) is 4.77. The van der Waals surface area contributed by atoms with Crippen LogP contribution >= 0.6 is 0 Å². The maximum atomic E-state index is 11.2. The third kappa shape index (κ3) is 7.40. The fraction of sp³-hybridized carbons (Fsp3) is 0.462. The molecule has 1 amide bonds. The molecule has 0 radical (unpaired) electrons. The van der Waals surface area contributed by atoms with Crippen LogP contribution in [0.15, 0.2) is 24.3 Å². The number of phenolic OH excluding ortho intramolecular Hbond substituents is 1. The van der Waals surface area contributed by atoms with E-state index >= 15 is 0 Å². The Hall–Kier alpha value is -1.63. The van der Waals surface area contributed by atoms with Crippen molar-refractivity contribution < 1.29 is 15.1 Å². The SMILES string of the molecule is CC.NC(=O)C(Cc1ccc(O)cc1)NCCNO. The third-order valence-corrected chi connectivity index (χ3v) is 2.35. The van der Waals surface area contributed by atoms with Crippen LogP contribution in [0.5, 0.6) is 5.75 Å². The molecule has 0 aliphatic rings. The second-order valence-electron chi connectivity index (χ2n) is 3.69. The van der Waals surface area contributed by atoms with Crippen LogP contribution in [0.3, 0.4) is 0 Å². The zero-order valence-corrected chi connectivity index (χ0v) is 11.4. The number of nitrogens with one attached hydrogen (secondary N) is 2. The summed E-state index contributed by atoms with van der Waals surface area (Å²) in [7, 11) is 0. The van der Waals surface area contributed by atoms with Crippen molar-refractivity contribution in [3.8, 4) is 5.75 Å². The van der Waals surface area contributed by atoms with Crippen molar-refractivity contribution in [1.82, 2.24) is 10.8 Å². The molecular weight excluding hydrogens is 246 g/mol. The highest BCUT2D eigenvalue weighted by molar-refractivity contribution is 5.80. The second-order valence-corrected chi connectivity index (χ2v) is 3.69. The number of rotatable bonds is 7. The summed E-state index contributed by atoms with van der Waals surface area (Å²) >= 11 is 0. The Bertz CT molecular complexity index is 355. The summed E-state index contributed by atoms with van der Waals surface area (Å²) in [6.07, 6.45) is 0.445. The molecule has 1 aromatic rings. The Morgan fingerprint density at radius 2 is 1.84 bits per heavy atom. The molecule has 6 nitrogen and oxygen atoms in total. The molecule has 108 valence electrons. The predicted molar refractivity (Wildman–Crippen MR) is 73.9 cm³/mol. The van der Waals surface area contributed by atoms with Crippen LogP contribution in [0.2, 0.25) is 0 Å². The van der Waals surface area contributed by atoms with E-state index in [-0.39, 0.29) is 5.75 Å². The van der Waals surface area contributed by atoms with E-state index in [2.05, 4.69) is 5.32 Å². The number of hydroxylamine groups is 1. The summed E-state index contributed by atoms with van der Waals surface area (Å²) in [5.41, 5.74) is 8.15. The van der Waals surface area contributed by atoms with Crippen LogP contribution in [0.1, 0.15) is 19.4 Å². The average Bonchev–Trinajstić information content (AvgIpc) is 2.42. The molecule has 0 aliphatic carbocycles. The Labute approximate surface area is 113 Å². The van der Waals surface area contributed by atoms with Gasteiger partial charge in [0, 0.05) is 13.1 Å². The summed E-state index contributed by atoms with van der Waals surface area (Å²) in [4.78, 5) is 11.2. The lowest BCUT2D eigenvalue weighted by atomic mass is 10.1. The minimum Gasteiger partial charge on any atom is -0.508 e. The summed E-state index contributed by atoms with van der Waals surface area (Å²) < 4.78 is 0. The lowest BCUT2D eigenvalue weighted by Crippen LogP contribution is -2.45. The van der Waals surface area contributed by atoms with Gasteiger partial charge in [-0.15, -0.1) is 0 Å². The van der Waals surface area contributed by atoms with E-state index < -0.39 is 11.9 Å². The normalized spacial score (nSPS) is 11.3. The van der Waals surface area contributed by atoms with E-state index in [0.29, 0.717) is 19.5 Å². The molecule has 0 saturated carbocycles. The molecule has 0 spiro atoms. The van der Waals surface area contributed by atoms with Crippen molar-refractivity contribution in [2.24, 2.45) is 5.73 Å². The molecule has 1 atom stereocenters. The first-order valence-corrected chi connectivity index (χ1v) is 6.31. The van der Waals surface area contributed by atoms with Gasteiger partial charge in [0.15, 0.2) is 0 Å². The van der Waals surface area contributed by atoms with Crippen molar-refractivity contribution >= 4 is 5.91 Å².